The fourth-order valence-electron chi connectivity index (χ4n) is 2.72. The van der Waals surface area contributed by atoms with Crippen molar-refractivity contribution in [2.75, 3.05) is 18.9 Å². The minimum Gasteiger partial charge on any atom is -0.484 e. The molecule has 1 aromatic rings. The van der Waals surface area contributed by atoms with E-state index >= 15 is 0 Å². The zero-order valence-corrected chi connectivity index (χ0v) is 15.4. The first kappa shape index (κ1) is 18.2. The van der Waals surface area contributed by atoms with Gasteiger partial charge in [0.15, 0.2) is 6.61 Å². The molecule has 4 heteroatoms. The first-order chi connectivity index (χ1) is 10.9. The molecule has 0 saturated heterocycles. The Labute approximate surface area is 144 Å². The Morgan fingerprint density at radius 2 is 1.87 bits per heavy atom. The van der Waals surface area contributed by atoms with Crippen molar-refractivity contribution in [3.8, 4) is 5.75 Å². The Bertz CT molecular complexity index is 487. The zero-order chi connectivity index (χ0) is 16.7. The van der Waals surface area contributed by atoms with Crippen molar-refractivity contribution in [3.63, 3.8) is 0 Å². The summed E-state index contributed by atoms with van der Waals surface area (Å²) in [5.74, 6) is 1.70. The third kappa shape index (κ3) is 6.46. The van der Waals surface area contributed by atoms with Crippen LogP contribution >= 0.6 is 11.8 Å². The molecule has 0 aromatic heterocycles. The van der Waals surface area contributed by atoms with Crippen molar-refractivity contribution in [2.24, 2.45) is 0 Å². The van der Waals surface area contributed by atoms with Crippen LogP contribution in [-0.4, -0.2) is 30.1 Å². The molecule has 1 aromatic carbocycles. The second kappa shape index (κ2) is 8.62. The maximum absolute atomic E-state index is 11.8. The fourth-order valence-corrected chi connectivity index (χ4v) is 3.94. The predicted molar refractivity (Wildman–Crippen MR) is 98.4 cm³/mol. The van der Waals surface area contributed by atoms with E-state index in [1.807, 2.05) is 23.9 Å². The lowest BCUT2D eigenvalue weighted by molar-refractivity contribution is -0.122. The largest absolute Gasteiger partial charge is 0.484 e. The summed E-state index contributed by atoms with van der Waals surface area (Å²) in [6, 6.07) is 7.99. The minimum absolute atomic E-state index is 0.0445. The maximum atomic E-state index is 11.8. The number of rotatable bonds is 7. The van der Waals surface area contributed by atoms with E-state index in [0.717, 1.165) is 23.3 Å². The van der Waals surface area contributed by atoms with Crippen molar-refractivity contribution >= 4 is 17.7 Å². The Morgan fingerprint density at radius 3 is 2.48 bits per heavy atom. The molecule has 1 amide bonds. The topological polar surface area (TPSA) is 38.3 Å². The van der Waals surface area contributed by atoms with Crippen LogP contribution in [0.1, 0.15) is 52.0 Å². The van der Waals surface area contributed by atoms with Gasteiger partial charge in [0.1, 0.15) is 5.75 Å². The molecule has 0 aliphatic heterocycles. The fraction of sp³-hybridized carbons (Fsp3) is 0.632. The first-order valence-electron chi connectivity index (χ1n) is 8.57. The minimum atomic E-state index is -0.0445. The van der Waals surface area contributed by atoms with E-state index in [1.165, 1.54) is 31.2 Å². The van der Waals surface area contributed by atoms with Crippen LogP contribution in [0.15, 0.2) is 24.3 Å². The van der Waals surface area contributed by atoms with Gasteiger partial charge < -0.3 is 10.1 Å². The molecule has 1 N–H and O–H groups in total. The molecule has 2 rings (SSSR count). The van der Waals surface area contributed by atoms with Gasteiger partial charge in [-0.3, -0.25) is 4.79 Å². The average molecular weight is 336 g/mol. The third-order valence-corrected chi connectivity index (χ3v) is 5.55. The SMILES string of the molecule is CC(C)(C)c1ccc(OCC(=O)NCCSC2CCCC2)cc1. The number of benzene rings is 1. The summed E-state index contributed by atoms with van der Waals surface area (Å²) in [6.07, 6.45) is 5.41. The zero-order valence-electron chi connectivity index (χ0n) is 14.6. The van der Waals surface area contributed by atoms with Crippen molar-refractivity contribution in [2.45, 2.75) is 57.1 Å². The predicted octanol–water partition coefficient (Wildman–Crippen LogP) is 4.15. The lowest BCUT2D eigenvalue weighted by Gasteiger charge is -2.19. The summed E-state index contributed by atoms with van der Waals surface area (Å²) in [5, 5.41) is 3.74. The number of thioether (sulfide) groups is 1. The molecule has 1 saturated carbocycles. The quantitative estimate of drug-likeness (QED) is 0.761. The lowest BCUT2D eigenvalue weighted by atomic mass is 9.87. The highest BCUT2D eigenvalue weighted by molar-refractivity contribution is 7.99. The van der Waals surface area contributed by atoms with Gasteiger partial charge in [-0.2, -0.15) is 11.8 Å². The van der Waals surface area contributed by atoms with Gasteiger partial charge in [-0.15, -0.1) is 0 Å². The van der Waals surface area contributed by atoms with Crippen LogP contribution in [0, 0.1) is 0 Å². The van der Waals surface area contributed by atoms with Crippen LogP contribution in [0.25, 0.3) is 0 Å². The molecule has 3 nitrogen and oxygen atoms in total. The molecule has 23 heavy (non-hydrogen) atoms. The monoisotopic (exact) mass is 335 g/mol. The lowest BCUT2D eigenvalue weighted by Crippen LogP contribution is -2.30. The summed E-state index contributed by atoms with van der Waals surface area (Å²) < 4.78 is 5.55. The third-order valence-electron chi connectivity index (χ3n) is 4.17. The molecule has 128 valence electrons. The normalized spacial score (nSPS) is 15.6. The molecular weight excluding hydrogens is 306 g/mol. The molecule has 1 fully saturated rings. The number of ether oxygens (including phenoxy) is 1. The molecule has 0 radical (unpaired) electrons. The van der Waals surface area contributed by atoms with E-state index < -0.39 is 0 Å². The number of hydrogen-bond donors (Lipinski definition) is 1. The van der Waals surface area contributed by atoms with E-state index in [1.54, 1.807) is 0 Å². The van der Waals surface area contributed by atoms with Crippen LogP contribution in [0.3, 0.4) is 0 Å². The number of hydrogen-bond acceptors (Lipinski definition) is 3. The smallest absolute Gasteiger partial charge is 0.257 e. The number of carbonyl (C=O) groups excluding carboxylic acids is 1. The summed E-state index contributed by atoms with van der Waals surface area (Å²) in [6.45, 7) is 7.36. The summed E-state index contributed by atoms with van der Waals surface area (Å²) in [7, 11) is 0. The van der Waals surface area contributed by atoms with Gasteiger partial charge in [0, 0.05) is 17.5 Å². The number of amides is 1. The Morgan fingerprint density at radius 1 is 1.22 bits per heavy atom. The van der Waals surface area contributed by atoms with Gasteiger partial charge in [-0.25, -0.2) is 0 Å². The highest BCUT2D eigenvalue weighted by atomic mass is 32.2. The van der Waals surface area contributed by atoms with Gasteiger partial charge in [0.05, 0.1) is 0 Å². The van der Waals surface area contributed by atoms with Crippen LogP contribution in [0.2, 0.25) is 0 Å². The van der Waals surface area contributed by atoms with Gasteiger partial charge in [-0.1, -0.05) is 45.7 Å². The van der Waals surface area contributed by atoms with Crippen LogP contribution in [0.4, 0.5) is 0 Å². The molecule has 0 heterocycles. The van der Waals surface area contributed by atoms with Crippen molar-refractivity contribution in [1.29, 1.82) is 0 Å². The maximum Gasteiger partial charge on any atom is 0.257 e. The molecule has 0 unspecified atom stereocenters. The van der Waals surface area contributed by atoms with Crippen molar-refractivity contribution < 1.29 is 9.53 Å². The second-order valence-corrected chi connectivity index (χ2v) is 8.60. The van der Waals surface area contributed by atoms with Crippen molar-refractivity contribution in [3.05, 3.63) is 29.8 Å². The van der Waals surface area contributed by atoms with Gasteiger partial charge >= 0.3 is 0 Å². The van der Waals surface area contributed by atoms with Crippen LogP contribution < -0.4 is 10.1 Å². The highest BCUT2D eigenvalue weighted by Gasteiger charge is 2.15. The summed E-state index contributed by atoms with van der Waals surface area (Å²) in [4.78, 5) is 11.8. The molecule has 0 bridgehead atoms. The number of carbonyl (C=O) groups is 1. The highest BCUT2D eigenvalue weighted by Crippen LogP contribution is 2.28. The average Bonchev–Trinajstić information content (AvgIpc) is 3.02. The molecule has 1 aliphatic carbocycles. The molecule has 1 aliphatic rings. The second-order valence-electron chi connectivity index (χ2n) is 7.19. The first-order valence-corrected chi connectivity index (χ1v) is 9.62. The number of nitrogens with one attached hydrogen (secondary N) is 1. The van der Waals surface area contributed by atoms with Crippen molar-refractivity contribution in [1.82, 2.24) is 5.32 Å². The van der Waals surface area contributed by atoms with Gasteiger partial charge in [0.2, 0.25) is 0 Å². The Balaban J connectivity index is 1.62. The standard InChI is InChI=1S/C19H29NO2S/c1-19(2,3)15-8-10-16(11-9-15)22-14-18(21)20-12-13-23-17-6-4-5-7-17/h8-11,17H,4-7,12-14H2,1-3H3,(H,20,21). The van der Waals surface area contributed by atoms with Gasteiger partial charge in [0.25, 0.3) is 5.91 Å². The molecular formula is C19H29NO2S. The van der Waals surface area contributed by atoms with Crippen LogP contribution in [-0.2, 0) is 10.2 Å². The van der Waals surface area contributed by atoms with Gasteiger partial charge in [-0.05, 0) is 36.0 Å². The summed E-state index contributed by atoms with van der Waals surface area (Å²) >= 11 is 1.99. The molecule has 0 spiro atoms. The van der Waals surface area contributed by atoms with Crippen LogP contribution in [0.5, 0.6) is 5.75 Å². The Hall–Kier alpha value is -1.16. The van der Waals surface area contributed by atoms with E-state index in [-0.39, 0.29) is 17.9 Å². The Kier molecular flexibility index (Phi) is 6.82. The van der Waals surface area contributed by atoms with E-state index in [4.69, 9.17) is 4.74 Å². The summed E-state index contributed by atoms with van der Waals surface area (Å²) in [5.41, 5.74) is 1.39. The van der Waals surface area contributed by atoms with E-state index in [0.29, 0.717) is 0 Å². The molecule has 0 atom stereocenters. The van der Waals surface area contributed by atoms with E-state index in [9.17, 15) is 4.79 Å². The van der Waals surface area contributed by atoms with E-state index in [2.05, 4.69) is 38.2 Å².